The molecule has 0 spiro atoms. The summed E-state index contributed by atoms with van der Waals surface area (Å²) >= 11 is 0. The van der Waals surface area contributed by atoms with E-state index in [0.29, 0.717) is 0 Å². The molecule has 0 atom stereocenters. The Morgan fingerprint density at radius 1 is 0.357 bits per heavy atom. The minimum Gasteiger partial charge on any atom is -0.0670 e. The van der Waals surface area contributed by atoms with Gasteiger partial charge in [-0.25, -0.2) is 0 Å². The highest BCUT2D eigenvalue weighted by atomic mass is 14.7. The Morgan fingerprint density at radius 3 is 0.893 bits per heavy atom. The average molecular weight is 385 g/mol. The van der Waals surface area contributed by atoms with E-state index in [1.807, 2.05) is 0 Å². The van der Waals surface area contributed by atoms with Gasteiger partial charge >= 0.3 is 0 Å². The molecule has 3 aliphatic carbocycles. The summed E-state index contributed by atoms with van der Waals surface area (Å²) in [5.41, 5.74) is 9.72. The van der Waals surface area contributed by atoms with E-state index in [0.717, 1.165) is 0 Å². The van der Waals surface area contributed by atoms with Gasteiger partial charge in [0.05, 0.1) is 0 Å². The van der Waals surface area contributed by atoms with Gasteiger partial charge < -0.3 is 0 Å². The van der Waals surface area contributed by atoms with Crippen LogP contribution in [0.15, 0.2) is 33.4 Å². The third-order valence-electron chi connectivity index (χ3n) is 12.1. The minimum atomic E-state index is -0.0220. The minimum absolute atomic E-state index is 0.0220. The Labute approximate surface area is 177 Å². The number of hydrogen-bond acceptors (Lipinski definition) is 0. The van der Waals surface area contributed by atoms with Crippen LogP contribution in [0.2, 0.25) is 0 Å². The van der Waals surface area contributed by atoms with Crippen molar-refractivity contribution in [2.24, 2.45) is 32.5 Å². The van der Waals surface area contributed by atoms with E-state index in [1.165, 1.54) is 0 Å². The maximum absolute atomic E-state index is 2.60. The summed E-state index contributed by atoms with van der Waals surface area (Å²) in [5, 5.41) is 0. The second-order valence-corrected chi connectivity index (χ2v) is 12.5. The Kier molecular flexibility index (Phi) is 4.94. The SMILES string of the molecule is C/C1=C(\C)C(C)(C)C(C)(C)C2(C)C(C)(C)/C(C)=C(\C)C1(C)/C(C)=C(\C)C2(C)C. The number of hydrogen-bond donors (Lipinski definition) is 0. The van der Waals surface area contributed by atoms with Gasteiger partial charge in [0.2, 0.25) is 0 Å². The fraction of sp³-hybridized carbons (Fsp3) is 0.786. The highest BCUT2D eigenvalue weighted by Crippen LogP contribution is 2.74. The number of allylic oxidation sites excluding steroid dienone is 6. The standard InChI is InChI=1S/C28H48/c1-17-20(4)27(15)21(5)18(2)24(9,10)28(16,26(13,14)23(17,7)8)25(11,12)19(3)22(27)6/h1-16H3/b20-17-,21-18+,22-19+. The molecule has 0 nitrogen and oxygen atoms in total. The summed E-state index contributed by atoms with van der Waals surface area (Å²) < 4.78 is 0. The van der Waals surface area contributed by atoms with Crippen LogP contribution in [0.5, 0.6) is 0 Å². The summed E-state index contributed by atoms with van der Waals surface area (Å²) in [4.78, 5) is 0. The molecule has 0 heterocycles. The van der Waals surface area contributed by atoms with E-state index < -0.39 is 0 Å². The van der Waals surface area contributed by atoms with E-state index in [4.69, 9.17) is 0 Å². The van der Waals surface area contributed by atoms with Crippen molar-refractivity contribution in [3.05, 3.63) is 33.4 Å². The molecule has 0 aromatic carbocycles. The van der Waals surface area contributed by atoms with Crippen LogP contribution in [0.25, 0.3) is 0 Å². The smallest absolute Gasteiger partial charge is 0.0301 e. The predicted octanol–water partition coefficient (Wildman–Crippen LogP) is 9.14. The molecule has 160 valence electrons. The molecular weight excluding hydrogens is 336 g/mol. The molecule has 0 radical (unpaired) electrons. The molecule has 0 N–H and O–H groups in total. The van der Waals surface area contributed by atoms with Crippen LogP contribution >= 0.6 is 0 Å². The molecule has 0 heteroatoms. The van der Waals surface area contributed by atoms with Gasteiger partial charge in [0, 0.05) is 5.41 Å². The summed E-state index contributed by atoms with van der Waals surface area (Å²) in [6.07, 6.45) is 0. The molecule has 0 saturated heterocycles. The molecule has 0 aromatic heterocycles. The first-order valence-electron chi connectivity index (χ1n) is 11.2. The zero-order chi connectivity index (χ0) is 22.5. The lowest BCUT2D eigenvalue weighted by atomic mass is 9.36. The predicted molar refractivity (Wildman–Crippen MR) is 126 cm³/mol. The molecule has 0 amide bonds. The van der Waals surface area contributed by atoms with E-state index in [-0.39, 0.29) is 32.5 Å². The number of rotatable bonds is 0. The topological polar surface area (TPSA) is 0 Å². The lowest BCUT2D eigenvalue weighted by molar-refractivity contribution is -0.142. The van der Waals surface area contributed by atoms with Gasteiger partial charge in [0.25, 0.3) is 0 Å². The molecule has 0 aromatic rings. The van der Waals surface area contributed by atoms with Crippen molar-refractivity contribution in [1.82, 2.24) is 0 Å². The quantitative estimate of drug-likeness (QED) is 0.365. The zero-order valence-corrected chi connectivity index (χ0v) is 22.0. The molecule has 0 saturated carbocycles. The summed E-state index contributed by atoms with van der Waals surface area (Å²) in [6.45, 7) is 39.8. The largest absolute Gasteiger partial charge is 0.0670 e. The van der Waals surface area contributed by atoms with Gasteiger partial charge in [-0.3, -0.25) is 0 Å². The van der Waals surface area contributed by atoms with Crippen LogP contribution < -0.4 is 0 Å². The first kappa shape index (κ1) is 23.5. The molecular formula is C28H48. The Bertz CT molecular complexity index is 761. The summed E-state index contributed by atoms with van der Waals surface area (Å²) in [7, 11) is 0. The van der Waals surface area contributed by atoms with Crippen molar-refractivity contribution in [2.75, 3.05) is 0 Å². The van der Waals surface area contributed by atoms with Gasteiger partial charge in [0.15, 0.2) is 0 Å². The van der Waals surface area contributed by atoms with Crippen molar-refractivity contribution in [3.63, 3.8) is 0 Å². The highest BCUT2D eigenvalue weighted by molar-refractivity contribution is 5.51. The lowest BCUT2D eigenvalue weighted by Gasteiger charge is -2.68. The van der Waals surface area contributed by atoms with Gasteiger partial charge in [-0.2, -0.15) is 0 Å². The first-order valence-corrected chi connectivity index (χ1v) is 11.2. The fourth-order valence-corrected chi connectivity index (χ4v) is 7.56. The Hall–Kier alpha value is -0.780. The van der Waals surface area contributed by atoms with Gasteiger partial charge in [-0.15, -0.1) is 0 Å². The second kappa shape index (κ2) is 5.89. The first-order chi connectivity index (χ1) is 12.2. The van der Waals surface area contributed by atoms with Crippen LogP contribution in [0, 0.1) is 32.5 Å². The fourth-order valence-electron chi connectivity index (χ4n) is 7.56. The molecule has 2 bridgehead atoms. The van der Waals surface area contributed by atoms with E-state index >= 15 is 0 Å². The number of fused-ring (bicyclic) bond motifs is 4. The van der Waals surface area contributed by atoms with Gasteiger partial charge in [0.1, 0.15) is 0 Å². The monoisotopic (exact) mass is 384 g/mol. The van der Waals surface area contributed by atoms with Crippen LogP contribution in [0.1, 0.15) is 111 Å². The molecule has 3 aliphatic rings. The van der Waals surface area contributed by atoms with Crippen LogP contribution in [0.4, 0.5) is 0 Å². The second-order valence-electron chi connectivity index (χ2n) is 12.5. The summed E-state index contributed by atoms with van der Waals surface area (Å²) in [5.74, 6) is 0. The van der Waals surface area contributed by atoms with Crippen molar-refractivity contribution in [1.29, 1.82) is 0 Å². The van der Waals surface area contributed by atoms with Crippen molar-refractivity contribution < 1.29 is 0 Å². The Balaban J connectivity index is 3.39. The van der Waals surface area contributed by atoms with Crippen LogP contribution in [0.3, 0.4) is 0 Å². The molecule has 0 fully saturated rings. The average Bonchev–Trinajstić information content (AvgIpc) is 2.60. The van der Waals surface area contributed by atoms with Crippen LogP contribution in [-0.2, 0) is 0 Å². The third kappa shape index (κ3) is 2.14. The van der Waals surface area contributed by atoms with Crippen molar-refractivity contribution in [3.8, 4) is 0 Å². The molecule has 0 aliphatic heterocycles. The molecule has 28 heavy (non-hydrogen) atoms. The molecule has 3 rings (SSSR count). The van der Waals surface area contributed by atoms with Crippen LogP contribution in [-0.4, -0.2) is 0 Å². The lowest BCUT2D eigenvalue weighted by Crippen LogP contribution is -2.61. The molecule has 0 unspecified atom stereocenters. The maximum Gasteiger partial charge on any atom is 0.0301 e. The zero-order valence-electron chi connectivity index (χ0n) is 22.0. The van der Waals surface area contributed by atoms with Gasteiger partial charge in [-0.05, 0) is 75.5 Å². The van der Waals surface area contributed by atoms with Crippen molar-refractivity contribution in [2.45, 2.75) is 111 Å². The normalized spacial score (nSPS) is 44.6. The van der Waals surface area contributed by atoms with E-state index in [2.05, 4.69) is 111 Å². The highest BCUT2D eigenvalue weighted by Gasteiger charge is 2.66. The van der Waals surface area contributed by atoms with Gasteiger partial charge in [-0.1, -0.05) is 95.8 Å². The van der Waals surface area contributed by atoms with E-state index in [1.54, 1.807) is 33.4 Å². The third-order valence-corrected chi connectivity index (χ3v) is 12.1. The maximum atomic E-state index is 2.60. The Morgan fingerprint density at radius 2 is 0.607 bits per heavy atom. The van der Waals surface area contributed by atoms with E-state index in [9.17, 15) is 0 Å². The summed E-state index contributed by atoms with van der Waals surface area (Å²) in [6, 6.07) is 0. The van der Waals surface area contributed by atoms with Crippen molar-refractivity contribution >= 4 is 0 Å².